The van der Waals surface area contributed by atoms with E-state index in [2.05, 4.69) is 11.5 Å². The monoisotopic (exact) mass is 205 g/mol. The molecule has 0 bridgehead atoms. The van der Waals surface area contributed by atoms with Gasteiger partial charge in [0.05, 0.1) is 0 Å². The average molecular weight is 205 g/mol. The third-order valence-electron chi connectivity index (χ3n) is 1.71. The Morgan fingerprint density at radius 1 is 1.07 bits per heavy atom. The predicted octanol–water partition coefficient (Wildman–Crippen LogP) is 0.895. The molecule has 4 heteroatoms. The molecule has 0 spiro atoms. The molecule has 0 saturated carbocycles. The van der Waals surface area contributed by atoms with Crippen LogP contribution in [0.4, 0.5) is 0 Å². The van der Waals surface area contributed by atoms with Crippen molar-refractivity contribution in [2.75, 3.05) is 19.8 Å². The van der Waals surface area contributed by atoms with Crippen molar-refractivity contribution >= 4 is 0 Å². The van der Waals surface area contributed by atoms with Crippen LogP contribution >= 0.6 is 0 Å². The van der Waals surface area contributed by atoms with Crippen molar-refractivity contribution in [1.29, 1.82) is 0 Å². The van der Waals surface area contributed by atoms with E-state index < -0.39 is 0 Å². The number of allylic oxidation sites excluding steroid dienone is 1. The molecule has 14 heavy (non-hydrogen) atoms. The molecule has 0 atom stereocenters. The zero-order valence-corrected chi connectivity index (χ0v) is 8.61. The number of hydrogen-bond donors (Lipinski definition) is 2. The first-order chi connectivity index (χ1) is 6.81. The van der Waals surface area contributed by atoms with Gasteiger partial charge in [-0.2, -0.15) is 0 Å². The SMILES string of the molecule is C=C(CCCCO)O[OH+]CCCCO. The summed E-state index contributed by atoms with van der Waals surface area (Å²) in [6, 6.07) is 0. The highest BCUT2D eigenvalue weighted by Crippen LogP contribution is 2.05. The number of unbranched alkanes of at least 4 members (excludes halogenated alkanes) is 2. The zero-order chi connectivity index (χ0) is 10.6. The van der Waals surface area contributed by atoms with Crippen molar-refractivity contribution in [3.63, 3.8) is 0 Å². The molecule has 0 rings (SSSR count). The Labute approximate surface area is 85.1 Å². The van der Waals surface area contributed by atoms with Crippen molar-refractivity contribution < 1.29 is 20.0 Å². The summed E-state index contributed by atoms with van der Waals surface area (Å²) in [4.78, 5) is 8.82. The molecule has 0 aliphatic heterocycles. The third kappa shape index (κ3) is 9.51. The molecular weight excluding hydrogens is 184 g/mol. The molecule has 4 nitrogen and oxygen atoms in total. The standard InChI is InChI=1S/C10H20O4/c1-10(6-2-3-7-11)14-13-9-5-4-8-12/h11-12H,1-9H2/p+1. The van der Waals surface area contributed by atoms with Crippen LogP contribution < -0.4 is 0 Å². The van der Waals surface area contributed by atoms with Crippen LogP contribution in [0.1, 0.15) is 32.1 Å². The lowest BCUT2D eigenvalue weighted by atomic mass is 10.2. The van der Waals surface area contributed by atoms with Gasteiger partial charge in [0.2, 0.25) is 0 Å². The maximum Gasteiger partial charge on any atom is 0.195 e. The Morgan fingerprint density at radius 3 is 2.36 bits per heavy atom. The Hall–Kier alpha value is -0.580. The van der Waals surface area contributed by atoms with Crippen molar-refractivity contribution in [2.24, 2.45) is 0 Å². The first kappa shape index (κ1) is 13.4. The molecule has 0 unspecified atom stereocenters. The fourth-order valence-electron chi connectivity index (χ4n) is 0.905. The van der Waals surface area contributed by atoms with E-state index in [-0.39, 0.29) is 13.2 Å². The maximum absolute atomic E-state index is 8.53. The predicted molar refractivity (Wildman–Crippen MR) is 54.6 cm³/mol. The Morgan fingerprint density at radius 2 is 1.71 bits per heavy atom. The summed E-state index contributed by atoms with van der Waals surface area (Å²) in [5.41, 5.74) is 0. The lowest BCUT2D eigenvalue weighted by Gasteiger charge is -2.02. The molecule has 0 aromatic carbocycles. The van der Waals surface area contributed by atoms with Crippen molar-refractivity contribution in [2.45, 2.75) is 32.1 Å². The molecule has 0 aromatic heterocycles. The molecule has 0 aliphatic carbocycles. The number of aliphatic hydroxyl groups excluding tert-OH is 2. The molecule has 0 radical (unpaired) electrons. The minimum Gasteiger partial charge on any atom is -0.396 e. The minimum absolute atomic E-state index is 0.201. The molecule has 0 amide bonds. The van der Waals surface area contributed by atoms with Gasteiger partial charge < -0.3 is 10.2 Å². The second-order valence-electron chi connectivity index (χ2n) is 3.09. The van der Waals surface area contributed by atoms with Crippen LogP contribution in [0.15, 0.2) is 12.3 Å². The Bertz CT molecular complexity index is 136. The molecular formula is C10H21O4+. The smallest absolute Gasteiger partial charge is 0.195 e. The van der Waals surface area contributed by atoms with Crippen molar-refractivity contribution in [1.82, 2.24) is 0 Å². The van der Waals surface area contributed by atoms with Crippen LogP contribution in [0, 0.1) is 0 Å². The fraction of sp³-hybridized carbons (Fsp3) is 0.800. The van der Waals surface area contributed by atoms with Gasteiger partial charge in [0, 0.05) is 26.1 Å². The molecule has 0 saturated heterocycles. The largest absolute Gasteiger partial charge is 0.396 e. The molecule has 3 N–H and O–H groups in total. The Kier molecular flexibility index (Phi) is 10.1. The normalized spacial score (nSPS) is 10.1. The summed E-state index contributed by atoms with van der Waals surface area (Å²) in [6.07, 6.45) is 3.97. The van der Waals surface area contributed by atoms with Gasteiger partial charge in [-0.15, -0.1) is 0 Å². The van der Waals surface area contributed by atoms with Crippen LogP contribution in [-0.4, -0.2) is 34.9 Å². The summed E-state index contributed by atoms with van der Waals surface area (Å²) in [7, 11) is 0. The highest BCUT2D eigenvalue weighted by Gasteiger charge is 2.00. The topological polar surface area (TPSA) is 62.5 Å². The van der Waals surface area contributed by atoms with E-state index >= 15 is 0 Å². The molecule has 84 valence electrons. The van der Waals surface area contributed by atoms with Gasteiger partial charge in [-0.1, -0.05) is 6.58 Å². The third-order valence-corrected chi connectivity index (χ3v) is 1.71. The van der Waals surface area contributed by atoms with Gasteiger partial charge in [0.25, 0.3) is 0 Å². The van der Waals surface area contributed by atoms with Crippen LogP contribution in [-0.2, 0) is 4.89 Å². The van der Waals surface area contributed by atoms with Crippen LogP contribution in [0.2, 0.25) is 0 Å². The second-order valence-corrected chi connectivity index (χ2v) is 3.09. The molecule has 0 fully saturated rings. The summed E-state index contributed by atoms with van der Waals surface area (Å²) < 4.78 is 0. The number of rotatable bonds is 10. The summed E-state index contributed by atoms with van der Waals surface area (Å²) in [5.74, 6) is 0.641. The zero-order valence-electron chi connectivity index (χ0n) is 8.61. The van der Waals surface area contributed by atoms with Crippen LogP contribution in [0.3, 0.4) is 0 Å². The summed E-state index contributed by atoms with van der Waals surface area (Å²) in [6.45, 7) is 4.70. The highest BCUT2D eigenvalue weighted by atomic mass is 17.2. The van der Waals surface area contributed by atoms with Gasteiger partial charge in [-0.3, -0.25) is 0 Å². The van der Waals surface area contributed by atoms with Crippen molar-refractivity contribution in [3.05, 3.63) is 12.3 Å². The van der Waals surface area contributed by atoms with E-state index in [4.69, 9.17) is 15.1 Å². The van der Waals surface area contributed by atoms with E-state index in [1.807, 2.05) is 0 Å². The lowest BCUT2D eigenvalue weighted by Crippen LogP contribution is -2.03. The molecule has 0 heterocycles. The van der Waals surface area contributed by atoms with E-state index in [1.54, 1.807) is 0 Å². The first-order valence-electron chi connectivity index (χ1n) is 5.04. The average Bonchev–Trinajstić information content (AvgIpc) is 2.18. The van der Waals surface area contributed by atoms with E-state index in [0.29, 0.717) is 12.4 Å². The van der Waals surface area contributed by atoms with Crippen LogP contribution in [0.5, 0.6) is 0 Å². The van der Waals surface area contributed by atoms with Gasteiger partial charge in [-0.25, -0.2) is 9.78 Å². The summed E-state index contributed by atoms with van der Waals surface area (Å²) in [5, 5.41) is 17.0. The quantitative estimate of drug-likeness (QED) is 0.183. The number of aliphatic hydroxyl groups is 3. The van der Waals surface area contributed by atoms with Gasteiger partial charge in [-0.05, 0) is 19.3 Å². The van der Waals surface area contributed by atoms with Crippen molar-refractivity contribution in [3.8, 4) is 0 Å². The maximum atomic E-state index is 8.53. The highest BCUT2D eigenvalue weighted by molar-refractivity contribution is 4.79. The summed E-state index contributed by atoms with van der Waals surface area (Å²) >= 11 is 0. The second kappa shape index (κ2) is 10.5. The molecule has 0 aliphatic rings. The number of hydrogen-bond acceptors (Lipinski definition) is 3. The van der Waals surface area contributed by atoms with E-state index in [0.717, 1.165) is 32.1 Å². The fourth-order valence-corrected chi connectivity index (χ4v) is 0.905. The van der Waals surface area contributed by atoms with Crippen LogP contribution in [0.25, 0.3) is 0 Å². The Balaban J connectivity index is 3.10. The first-order valence-corrected chi connectivity index (χ1v) is 5.04. The van der Waals surface area contributed by atoms with Gasteiger partial charge in [0.1, 0.15) is 0 Å². The van der Waals surface area contributed by atoms with E-state index in [1.165, 1.54) is 0 Å². The van der Waals surface area contributed by atoms with E-state index in [9.17, 15) is 0 Å². The molecule has 0 aromatic rings. The minimum atomic E-state index is 0.201. The lowest BCUT2D eigenvalue weighted by molar-refractivity contribution is -0.389. The van der Waals surface area contributed by atoms with Gasteiger partial charge in [0.15, 0.2) is 12.4 Å². The van der Waals surface area contributed by atoms with Gasteiger partial charge >= 0.3 is 0 Å².